The van der Waals surface area contributed by atoms with Crippen LogP contribution in [-0.4, -0.2) is 60.6 Å². The number of halogens is 1. The molecule has 0 spiro atoms. The predicted octanol–water partition coefficient (Wildman–Crippen LogP) is 0.852. The first-order valence-electron chi connectivity index (χ1n) is 8.58. The summed E-state index contributed by atoms with van der Waals surface area (Å²) in [7, 11) is 1.67. The van der Waals surface area contributed by atoms with Crippen molar-refractivity contribution in [1.29, 1.82) is 0 Å². The molecule has 3 rings (SSSR count). The maximum atomic E-state index is 11.6. The van der Waals surface area contributed by atoms with Crippen LogP contribution in [0.2, 0.25) is 0 Å². The molecule has 6 nitrogen and oxygen atoms in total. The average molecular weight is 346 g/mol. The van der Waals surface area contributed by atoms with Crippen LogP contribution in [-0.2, 0) is 9.47 Å². The summed E-state index contributed by atoms with van der Waals surface area (Å²) in [5.74, 6) is 0.182. The summed E-state index contributed by atoms with van der Waals surface area (Å²) in [6.07, 6.45) is 2.98. The molecule has 2 heterocycles. The third-order valence-electron chi connectivity index (χ3n) is 5.72. The van der Waals surface area contributed by atoms with Crippen molar-refractivity contribution in [2.75, 3.05) is 20.3 Å². The van der Waals surface area contributed by atoms with Gasteiger partial charge in [-0.15, -0.1) is 11.6 Å². The maximum absolute atomic E-state index is 11.6. The fourth-order valence-corrected chi connectivity index (χ4v) is 4.87. The lowest BCUT2D eigenvalue weighted by molar-refractivity contribution is -0.127. The van der Waals surface area contributed by atoms with E-state index in [0.29, 0.717) is 25.4 Å². The third-order valence-corrected chi connectivity index (χ3v) is 6.12. The number of fused-ring (bicyclic) bond motifs is 1. The fraction of sp³-hybridized carbons (Fsp3) is 0.938. The standard InChI is InChI=1S/C16H28ClN3O3/c1-3-23-13-8-19-14(22-2)7-11(13)16(21)10-6-9(17)4-5-12(10)20-15(16)18/h9-14,19,21H,3-8H2,1-2H3,(H2,18,20). The molecular weight excluding hydrogens is 318 g/mol. The SMILES string of the molecule is CCOC1CNC(OC)CC1C1(O)C(N)=NC2CCC(Cl)CC21. The van der Waals surface area contributed by atoms with E-state index in [1.807, 2.05) is 6.92 Å². The van der Waals surface area contributed by atoms with Gasteiger partial charge in [0.2, 0.25) is 0 Å². The van der Waals surface area contributed by atoms with Crippen LogP contribution < -0.4 is 11.1 Å². The van der Waals surface area contributed by atoms with Gasteiger partial charge in [-0.2, -0.15) is 0 Å². The normalized spacial score (nSPS) is 47.2. The first kappa shape index (κ1) is 17.4. The summed E-state index contributed by atoms with van der Waals surface area (Å²) in [5.41, 5.74) is 5.08. The van der Waals surface area contributed by atoms with Gasteiger partial charge >= 0.3 is 0 Å². The van der Waals surface area contributed by atoms with E-state index in [1.54, 1.807) is 7.11 Å². The van der Waals surface area contributed by atoms with Gasteiger partial charge in [-0.25, -0.2) is 0 Å². The van der Waals surface area contributed by atoms with Gasteiger partial charge in [-0.1, -0.05) is 0 Å². The second kappa shape index (κ2) is 6.84. The minimum absolute atomic E-state index is 0.0256. The first-order chi connectivity index (χ1) is 11.0. The van der Waals surface area contributed by atoms with E-state index in [-0.39, 0.29) is 35.6 Å². The Kier molecular flexibility index (Phi) is 5.18. The van der Waals surface area contributed by atoms with Crippen LogP contribution in [0.5, 0.6) is 0 Å². The van der Waals surface area contributed by atoms with Gasteiger partial charge in [0.05, 0.1) is 12.1 Å². The second-order valence-electron chi connectivity index (χ2n) is 6.89. The number of aliphatic imine (C=N–C) groups is 1. The number of hydrogen-bond donors (Lipinski definition) is 3. The summed E-state index contributed by atoms with van der Waals surface area (Å²) < 4.78 is 11.4. The van der Waals surface area contributed by atoms with Crippen LogP contribution >= 0.6 is 11.6 Å². The van der Waals surface area contributed by atoms with Gasteiger partial charge < -0.3 is 20.3 Å². The molecule has 0 aromatic carbocycles. The molecule has 7 unspecified atom stereocenters. The number of hydrogen-bond acceptors (Lipinski definition) is 6. The molecule has 132 valence electrons. The van der Waals surface area contributed by atoms with Crippen molar-refractivity contribution in [2.24, 2.45) is 22.6 Å². The zero-order valence-electron chi connectivity index (χ0n) is 13.9. The summed E-state index contributed by atoms with van der Waals surface area (Å²) in [4.78, 5) is 4.59. The lowest BCUT2D eigenvalue weighted by Crippen LogP contribution is -2.63. The van der Waals surface area contributed by atoms with E-state index in [0.717, 1.165) is 19.3 Å². The highest BCUT2D eigenvalue weighted by atomic mass is 35.5. The lowest BCUT2D eigenvalue weighted by atomic mass is 9.66. The van der Waals surface area contributed by atoms with Crippen LogP contribution in [0.1, 0.15) is 32.6 Å². The summed E-state index contributed by atoms with van der Waals surface area (Å²) in [6.45, 7) is 3.20. The number of aliphatic hydroxyl groups is 1. The van der Waals surface area contributed by atoms with Crippen LogP contribution in [0.25, 0.3) is 0 Å². The van der Waals surface area contributed by atoms with E-state index in [1.165, 1.54) is 0 Å². The highest BCUT2D eigenvalue weighted by Crippen LogP contribution is 2.47. The first-order valence-corrected chi connectivity index (χ1v) is 9.02. The largest absolute Gasteiger partial charge is 0.385 e. The number of alkyl halides is 1. The number of ether oxygens (including phenoxy) is 2. The Bertz CT molecular complexity index is 464. The van der Waals surface area contributed by atoms with Crippen LogP contribution in [0.3, 0.4) is 0 Å². The molecule has 7 heteroatoms. The highest BCUT2D eigenvalue weighted by molar-refractivity contribution is 6.20. The van der Waals surface area contributed by atoms with Gasteiger partial charge in [-0.3, -0.25) is 10.3 Å². The number of nitrogens with two attached hydrogens (primary N) is 1. The molecular formula is C16H28ClN3O3. The lowest BCUT2D eigenvalue weighted by Gasteiger charge is -2.47. The molecule has 0 aromatic rings. The molecule has 1 aliphatic carbocycles. The molecule has 2 aliphatic heterocycles. The number of amidine groups is 1. The van der Waals surface area contributed by atoms with E-state index in [9.17, 15) is 5.11 Å². The minimum atomic E-state index is -1.16. The van der Waals surface area contributed by atoms with Crippen molar-refractivity contribution in [3.05, 3.63) is 0 Å². The topological polar surface area (TPSA) is 89.1 Å². The summed E-state index contributed by atoms with van der Waals surface area (Å²) in [6, 6.07) is 0.0770. The predicted molar refractivity (Wildman–Crippen MR) is 89.7 cm³/mol. The van der Waals surface area contributed by atoms with Crippen molar-refractivity contribution >= 4 is 17.4 Å². The Balaban J connectivity index is 1.89. The zero-order chi connectivity index (χ0) is 16.6. The number of piperidine rings is 1. The quantitative estimate of drug-likeness (QED) is 0.657. The molecule has 7 atom stereocenters. The van der Waals surface area contributed by atoms with Gasteiger partial charge in [0.25, 0.3) is 0 Å². The molecule has 0 aromatic heterocycles. The van der Waals surface area contributed by atoms with Crippen molar-refractivity contribution in [3.8, 4) is 0 Å². The van der Waals surface area contributed by atoms with Gasteiger partial charge in [0.1, 0.15) is 17.7 Å². The number of rotatable bonds is 4. The molecule has 23 heavy (non-hydrogen) atoms. The van der Waals surface area contributed by atoms with Crippen molar-refractivity contribution in [2.45, 2.75) is 62.0 Å². The molecule has 4 N–H and O–H groups in total. The molecule has 1 saturated heterocycles. The molecule has 0 bridgehead atoms. The van der Waals surface area contributed by atoms with Crippen molar-refractivity contribution in [3.63, 3.8) is 0 Å². The van der Waals surface area contributed by atoms with E-state index >= 15 is 0 Å². The van der Waals surface area contributed by atoms with Gasteiger partial charge in [-0.05, 0) is 32.6 Å². The Hall–Kier alpha value is -0.400. The number of nitrogens with one attached hydrogen (secondary N) is 1. The van der Waals surface area contributed by atoms with Crippen molar-refractivity contribution in [1.82, 2.24) is 5.32 Å². The monoisotopic (exact) mass is 345 g/mol. The van der Waals surface area contributed by atoms with Gasteiger partial charge in [0.15, 0.2) is 0 Å². The minimum Gasteiger partial charge on any atom is -0.385 e. The average Bonchev–Trinajstić information content (AvgIpc) is 2.80. The molecule has 0 radical (unpaired) electrons. The Morgan fingerprint density at radius 2 is 2.17 bits per heavy atom. The second-order valence-corrected chi connectivity index (χ2v) is 7.51. The molecule has 3 aliphatic rings. The maximum Gasteiger partial charge on any atom is 0.131 e. The summed E-state index contributed by atoms with van der Waals surface area (Å²) >= 11 is 6.38. The van der Waals surface area contributed by atoms with Crippen LogP contribution in [0.4, 0.5) is 0 Å². The summed E-state index contributed by atoms with van der Waals surface area (Å²) in [5, 5.41) is 15.0. The van der Waals surface area contributed by atoms with Gasteiger partial charge in [0, 0.05) is 37.5 Å². The Labute approximate surface area is 142 Å². The zero-order valence-corrected chi connectivity index (χ0v) is 14.6. The fourth-order valence-electron chi connectivity index (χ4n) is 4.56. The number of methoxy groups -OCH3 is 1. The third kappa shape index (κ3) is 3.00. The van der Waals surface area contributed by atoms with E-state index < -0.39 is 5.60 Å². The molecule has 1 saturated carbocycles. The Morgan fingerprint density at radius 1 is 1.39 bits per heavy atom. The van der Waals surface area contributed by atoms with Crippen LogP contribution in [0.15, 0.2) is 4.99 Å². The molecule has 0 amide bonds. The smallest absolute Gasteiger partial charge is 0.131 e. The van der Waals surface area contributed by atoms with Crippen molar-refractivity contribution < 1.29 is 14.6 Å². The Morgan fingerprint density at radius 3 is 2.87 bits per heavy atom. The number of nitrogens with zero attached hydrogens (tertiary/aromatic N) is 1. The van der Waals surface area contributed by atoms with E-state index in [2.05, 4.69) is 10.3 Å². The van der Waals surface area contributed by atoms with E-state index in [4.69, 9.17) is 26.8 Å². The molecule has 2 fully saturated rings. The van der Waals surface area contributed by atoms with Crippen LogP contribution in [0, 0.1) is 11.8 Å². The highest BCUT2D eigenvalue weighted by Gasteiger charge is 2.58.